The first kappa shape index (κ1) is 19.7. The highest BCUT2D eigenvalue weighted by Gasteiger charge is 2.11. The molecule has 138 valence electrons. The van der Waals surface area contributed by atoms with Crippen LogP contribution in [-0.4, -0.2) is 39.3 Å². The molecule has 0 saturated carbocycles. The largest absolute Gasteiger partial charge is 0.482 e. The van der Waals surface area contributed by atoms with Gasteiger partial charge >= 0.3 is 5.97 Å². The van der Waals surface area contributed by atoms with E-state index in [2.05, 4.69) is 15.3 Å². The average molecular weight is 375 g/mol. The molecule has 8 heteroatoms. The van der Waals surface area contributed by atoms with Gasteiger partial charge in [0.25, 0.3) is 0 Å². The normalized spacial score (nSPS) is 11.7. The van der Waals surface area contributed by atoms with Crippen molar-refractivity contribution < 1.29 is 19.4 Å². The van der Waals surface area contributed by atoms with Crippen LogP contribution in [0.15, 0.2) is 35.5 Å². The highest BCUT2D eigenvalue weighted by molar-refractivity contribution is 7.99. The minimum absolute atomic E-state index is 0.114. The van der Waals surface area contributed by atoms with Crippen molar-refractivity contribution in [1.82, 2.24) is 15.3 Å². The van der Waals surface area contributed by atoms with Crippen molar-refractivity contribution in [2.24, 2.45) is 0 Å². The summed E-state index contributed by atoms with van der Waals surface area (Å²) in [5, 5.41) is 12.1. The summed E-state index contributed by atoms with van der Waals surface area (Å²) in [7, 11) is 0. The number of nitrogens with one attached hydrogen (secondary N) is 1. The van der Waals surface area contributed by atoms with Crippen LogP contribution in [0.3, 0.4) is 0 Å². The number of nitrogens with zero attached hydrogens (tertiary/aromatic N) is 2. The number of carbonyl (C=O) groups excluding carboxylic acids is 1. The van der Waals surface area contributed by atoms with Crippen molar-refractivity contribution in [3.63, 3.8) is 0 Å². The average Bonchev–Trinajstić information content (AvgIpc) is 2.57. The molecule has 0 fully saturated rings. The molecule has 1 amide bonds. The lowest BCUT2D eigenvalue weighted by Gasteiger charge is -2.14. The molecule has 1 unspecified atom stereocenters. The van der Waals surface area contributed by atoms with E-state index in [9.17, 15) is 9.59 Å². The van der Waals surface area contributed by atoms with E-state index in [-0.39, 0.29) is 24.3 Å². The zero-order valence-electron chi connectivity index (χ0n) is 14.9. The Hall–Kier alpha value is -2.61. The zero-order chi connectivity index (χ0) is 19.1. The summed E-state index contributed by atoms with van der Waals surface area (Å²) in [5.41, 5.74) is 2.65. The van der Waals surface area contributed by atoms with Gasteiger partial charge in [0.1, 0.15) is 5.75 Å². The SMILES string of the molecule is Cc1cc(C)nc(SCC(=O)NC(C)c2ccc(OCC(=O)O)cc2)n1. The van der Waals surface area contributed by atoms with E-state index >= 15 is 0 Å². The van der Waals surface area contributed by atoms with Crippen molar-refractivity contribution in [1.29, 1.82) is 0 Å². The molecule has 1 aromatic carbocycles. The van der Waals surface area contributed by atoms with Crippen molar-refractivity contribution in [3.8, 4) is 5.75 Å². The van der Waals surface area contributed by atoms with E-state index in [1.165, 1.54) is 11.8 Å². The summed E-state index contributed by atoms with van der Waals surface area (Å²) in [6.07, 6.45) is 0. The fourth-order valence-electron chi connectivity index (χ4n) is 2.25. The molecule has 2 rings (SSSR count). The first-order valence-corrected chi connectivity index (χ1v) is 9.01. The maximum atomic E-state index is 12.1. The van der Waals surface area contributed by atoms with Gasteiger partial charge in [0.15, 0.2) is 11.8 Å². The van der Waals surface area contributed by atoms with Crippen molar-refractivity contribution in [2.75, 3.05) is 12.4 Å². The topological polar surface area (TPSA) is 101 Å². The van der Waals surface area contributed by atoms with Gasteiger partial charge in [-0.05, 0) is 44.5 Å². The minimum Gasteiger partial charge on any atom is -0.482 e. The quantitative estimate of drug-likeness (QED) is 0.540. The first-order chi connectivity index (χ1) is 12.3. The monoisotopic (exact) mass is 375 g/mol. The molecule has 0 aliphatic rings. The number of carboxylic acids is 1. The van der Waals surface area contributed by atoms with E-state index in [1.54, 1.807) is 24.3 Å². The van der Waals surface area contributed by atoms with Crippen molar-refractivity contribution >= 4 is 23.6 Å². The lowest BCUT2D eigenvalue weighted by atomic mass is 10.1. The molecule has 1 aromatic heterocycles. The molecule has 0 bridgehead atoms. The lowest BCUT2D eigenvalue weighted by Crippen LogP contribution is -2.28. The van der Waals surface area contributed by atoms with Crippen molar-refractivity contribution in [2.45, 2.75) is 32.0 Å². The molecule has 0 aliphatic carbocycles. The van der Waals surface area contributed by atoms with E-state index in [0.717, 1.165) is 17.0 Å². The molecule has 1 atom stereocenters. The van der Waals surface area contributed by atoms with Gasteiger partial charge in [-0.25, -0.2) is 14.8 Å². The van der Waals surface area contributed by atoms with Gasteiger partial charge in [-0.1, -0.05) is 23.9 Å². The highest BCUT2D eigenvalue weighted by atomic mass is 32.2. The summed E-state index contributed by atoms with van der Waals surface area (Å²) < 4.78 is 5.09. The number of hydrogen-bond donors (Lipinski definition) is 2. The number of benzene rings is 1. The number of aromatic nitrogens is 2. The minimum atomic E-state index is -1.03. The van der Waals surface area contributed by atoms with Crippen LogP contribution in [0.1, 0.15) is 29.9 Å². The molecular weight excluding hydrogens is 354 g/mol. The number of rotatable bonds is 8. The number of amides is 1. The Labute approximate surface area is 156 Å². The summed E-state index contributed by atoms with van der Waals surface area (Å²) in [5.74, 6) is -0.443. The summed E-state index contributed by atoms with van der Waals surface area (Å²) in [6, 6.07) is 8.65. The van der Waals surface area contributed by atoms with E-state index in [0.29, 0.717) is 10.9 Å². The maximum absolute atomic E-state index is 12.1. The third-order valence-corrected chi connectivity index (χ3v) is 4.26. The van der Waals surface area contributed by atoms with Crippen molar-refractivity contribution in [3.05, 3.63) is 47.3 Å². The molecular formula is C18H21N3O4S. The van der Waals surface area contributed by atoms with Crippen LogP contribution >= 0.6 is 11.8 Å². The highest BCUT2D eigenvalue weighted by Crippen LogP contribution is 2.19. The second-order valence-corrected chi connectivity index (χ2v) is 6.71. The number of aliphatic carboxylic acids is 1. The number of ether oxygens (including phenoxy) is 1. The van der Waals surface area contributed by atoms with E-state index in [4.69, 9.17) is 9.84 Å². The molecule has 7 nitrogen and oxygen atoms in total. The number of carbonyl (C=O) groups is 2. The van der Waals surface area contributed by atoms with Crippen LogP contribution in [0.5, 0.6) is 5.75 Å². The maximum Gasteiger partial charge on any atom is 0.341 e. The van der Waals surface area contributed by atoms with Gasteiger partial charge in [0, 0.05) is 11.4 Å². The van der Waals surface area contributed by atoms with Gasteiger partial charge in [-0.2, -0.15) is 0 Å². The van der Waals surface area contributed by atoms with Crippen LogP contribution in [0, 0.1) is 13.8 Å². The summed E-state index contributed by atoms with van der Waals surface area (Å²) in [6.45, 7) is 5.28. The molecule has 0 radical (unpaired) electrons. The van der Waals surface area contributed by atoms with Crippen LogP contribution in [0.4, 0.5) is 0 Å². The second-order valence-electron chi connectivity index (χ2n) is 5.76. The van der Waals surface area contributed by atoms with Crippen LogP contribution in [0.2, 0.25) is 0 Å². The predicted octanol–water partition coefficient (Wildman–Crippen LogP) is 2.53. The Morgan fingerprint density at radius 1 is 1.19 bits per heavy atom. The first-order valence-electron chi connectivity index (χ1n) is 8.02. The summed E-state index contributed by atoms with van der Waals surface area (Å²) >= 11 is 1.30. The number of hydrogen-bond acceptors (Lipinski definition) is 6. The Bertz CT molecular complexity index is 760. The van der Waals surface area contributed by atoms with E-state index in [1.807, 2.05) is 26.8 Å². The standard InChI is InChI=1S/C18H21N3O4S/c1-11-8-12(2)20-18(19-11)26-10-16(22)21-13(3)14-4-6-15(7-5-14)25-9-17(23)24/h4-8,13H,9-10H2,1-3H3,(H,21,22)(H,23,24). The van der Waals surface area contributed by atoms with E-state index < -0.39 is 5.97 Å². The Balaban J connectivity index is 1.85. The van der Waals surface area contributed by atoms with Gasteiger partial charge < -0.3 is 15.2 Å². The predicted molar refractivity (Wildman–Crippen MR) is 98.4 cm³/mol. The van der Waals surface area contributed by atoms with Gasteiger partial charge in [0.05, 0.1) is 11.8 Å². The molecule has 0 saturated heterocycles. The molecule has 2 N–H and O–H groups in total. The fraction of sp³-hybridized carbons (Fsp3) is 0.333. The molecule has 0 spiro atoms. The van der Waals surface area contributed by atoms with Crippen LogP contribution < -0.4 is 10.1 Å². The zero-order valence-corrected chi connectivity index (χ0v) is 15.7. The number of carboxylic acid groups (broad SMARTS) is 1. The molecule has 1 heterocycles. The smallest absolute Gasteiger partial charge is 0.341 e. The lowest BCUT2D eigenvalue weighted by molar-refractivity contribution is -0.139. The van der Waals surface area contributed by atoms with Crippen LogP contribution in [0.25, 0.3) is 0 Å². The Morgan fingerprint density at radius 3 is 2.38 bits per heavy atom. The third-order valence-electron chi connectivity index (χ3n) is 3.41. The van der Waals surface area contributed by atoms with Gasteiger partial charge in [0.2, 0.25) is 5.91 Å². The summed E-state index contributed by atoms with van der Waals surface area (Å²) in [4.78, 5) is 31.2. The van der Waals surface area contributed by atoms with Gasteiger partial charge in [-0.3, -0.25) is 4.79 Å². The van der Waals surface area contributed by atoms with Gasteiger partial charge in [-0.15, -0.1) is 0 Å². The molecule has 26 heavy (non-hydrogen) atoms. The second kappa shape index (κ2) is 9.19. The van der Waals surface area contributed by atoms with Crippen LogP contribution in [-0.2, 0) is 9.59 Å². The number of thioether (sulfide) groups is 1. The number of aryl methyl sites for hydroxylation is 2. The molecule has 0 aliphatic heterocycles. The molecule has 2 aromatic rings. The fourth-order valence-corrected chi connectivity index (χ4v) is 3.01. The Kier molecular flexibility index (Phi) is 6.97. The Morgan fingerprint density at radius 2 is 1.81 bits per heavy atom. The third kappa shape index (κ3) is 6.36.